The number of fused-ring (bicyclic) bond motifs is 1. The maximum Gasteiger partial charge on any atom is 0.326 e. The van der Waals surface area contributed by atoms with E-state index < -0.39 is 0 Å². The number of carbonyl (C=O) groups excluding carboxylic acids is 1. The van der Waals surface area contributed by atoms with E-state index in [4.69, 9.17) is 0 Å². The highest BCUT2D eigenvalue weighted by Crippen LogP contribution is 2.49. The van der Waals surface area contributed by atoms with Crippen molar-refractivity contribution in [1.29, 1.82) is 0 Å². The lowest BCUT2D eigenvalue weighted by Crippen LogP contribution is -2.41. The Morgan fingerprint density at radius 2 is 1.75 bits per heavy atom. The number of nitrogens with one attached hydrogen (secondary N) is 1. The number of carbonyl (C=O) groups is 1. The molecular weight excluding hydrogens is 357 g/mol. The molecule has 1 aliphatic heterocycles. The van der Waals surface area contributed by atoms with Gasteiger partial charge in [0, 0.05) is 25.0 Å². The summed E-state index contributed by atoms with van der Waals surface area (Å²) in [4.78, 5) is 30.0. The maximum absolute atomic E-state index is 14.0. The summed E-state index contributed by atoms with van der Waals surface area (Å²) in [7, 11) is 0. The fourth-order valence-corrected chi connectivity index (χ4v) is 4.60. The molecule has 0 bridgehead atoms. The summed E-state index contributed by atoms with van der Waals surface area (Å²) < 4.78 is 15.8. The third-order valence-electron chi connectivity index (χ3n) is 6.18. The van der Waals surface area contributed by atoms with Crippen molar-refractivity contribution in [2.24, 2.45) is 5.92 Å². The number of para-hydroxylation sites is 2. The molecule has 0 radical (unpaired) electrons. The molecule has 2 aliphatic rings. The average Bonchev–Trinajstić information content (AvgIpc) is 3.43. The van der Waals surface area contributed by atoms with Crippen molar-refractivity contribution in [2.45, 2.75) is 31.2 Å². The van der Waals surface area contributed by atoms with Crippen LogP contribution >= 0.6 is 0 Å². The van der Waals surface area contributed by atoms with Crippen molar-refractivity contribution in [3.63, 3.8) is 0 Å². The molecule has 5 nitrogen and oxygen atoms in total. The number of aromatic nitrogens is 2. The van der Waals surface area contributed by atoms with Gasteiger partial charge in [-0.1, -0.05) is 30.3 Å². The molecule has 2 fully saturated rings. The van der Waals surface area contributed by atoms with Gasteiger partial charge < -0.3 is 9.88 Å². The molecule has 3 aromatic rings. The molecule has 0 spiro atoms. The summed E-state index contributed by atoms with van der Waals surface area (Å²) in [5.74, 6) is -0.204. The van der Waals surface area contributed by atoms with Gasteiger partial charge in [0.05, 0.1) is 11.0 Å². The Balaban J connectivity index is 1.26. The SMILES string of the molecule is O=C(C1CC1c1ccccc1F)N1CCC(n2c(=O)[nH]c3ccccc32)CC1. The molecule has 2 atom stereocenters. The lowest BCUT2D eigenvalue weighted by molar-refractivity contribution is -0.134. The highest BCUT2D eigenvalue weighted by Gasteiger charge is 2.47. The number of imidazole rings is 1. The quantitative estimate of drug-likeness (QED) is 0.758. The molecule has 5 rings (SSSR count). The van der Waals surface area contributed by atoms with Gasteiger partial charge in [-0.3, -0.25) is 9.36 Å². The van der Waals surface area contributed by atoms with Crippen LogP contribution in [0, 0.1) is 11.7 Å². The van der Waals surface area contributed by atoms with Gasteiger partial charge in [0.15, 0.2) is 0 Å². The third kappa shape index (κ3) is 2.84. The maximum atomic E-state index is 14.0. The Bertz CT molecular complexity index is 1090. The molecule has 2 heterocycles. The molecule has 1 saturated heterocycles. The van der Waals surface area contributed by atoms with Gasteiger partial charge in [0.25, 0.3) is 0 Å². The van der Waals surface area contributed by atoms with Crippen molar-refractivity contribution < 1.29 is 9.18 Å². The van der Waals surface area contributed by atoms with Gasteiger partial charge in [0.2, 0.25) is 5.91 Å². The minimum Gasteiger partial charge on any atom is -0.342 e. The fourth-order valence-electron chi connectivity index (χ4n) is 4.60. The van der Waals surface area contributed by atoms with Crippen LogP contribution in [-0.2, 0) is 4.79 Å². The van der Waals surface area contributed by atoms with Gasteiger partial charge in [-0.15, -0.1) is 0 Å². The molecule has 1 aromatic heterocycles. The first-order chi connectivity index (χ1) is 13.6. The summed E-state index contributed by atoms with van der Waals surface area (Å²) in [5, 5.41) is 0. The number of H-pyrrole nitrogens is 1. The molecule has 1 amide bonds. The first kappa shape index (κ1) is 17.2. The van der Waals surface area contributed by atoms with Crippen molar-refractivity contribution in [1.82, 2.24) is 14.5 Å². The van der Waals surface area contributed by atoms with Gasteiger partial charge in [0.1, 0.15) is 5.82 Å². The number of aromatic amines is 1. The Kier molecular flexibility index (Phi) is 4.07. The highest BCUT2D eigenvalue weighted by atomic mass is 19.1. The first-order valence-electron chi connectivity index (χ1n) is 9.86. The van der Waals surface area contributed by atoms with E-state index in [1.165, 1.54) is 6.07 Å². The lowest BCUT2D eigenvalue weighted by atomic mass is 10.0. The number of piperidine rings is 1. The molecule has 144 valence electrons. The lowest BCUT2D eigenvalue weighted by Gasteiger charge is -2.32. The zero-order chi connectivity index (χ0) is 19.3. The Morgan fingerprint density at radius 3 is 2.54 bits per heavy atom. The van der Waals surface area contributed by atoms with E-state index in [0.717, 1.165) is 30.3 Å². The van der Waals surface area contributed by atoms with Gasteiger partial charge in [-0.05, 0) is 48.9 Å². The largest absolute Gasteiger partial charge is 0.342 e. The van der Waals surface area contributed by atoms with Crippen LogP contribution in [0.15, 0.2) is 53.3 Å². The molecule has 1 aliphatic carbocycles. The predicted molar refractivity (Wildman–Crippen MR) is 105 cm³/mol. The molecular formula is C22H22FN3O2. The second-order valence-electron chi connectivity index (χ2n) is 7.84. The Morgan fingerprint density at radius 1 is 1.04 bits per heavy atom. The van der Waals surface area contributed by atoms with Crippen molar-refractivity contribution in [2.75, 3.05) is 13.1 Å². The van der Waals surface area contributed by atoms with Crippen LogP contribution in [0.5, 0.6) is 0 Å². The fraction of sp³-hybridized carbons (Fsp3) is 0.364. The van der Waals surface area contributed by atoms with E-state index >= 15 is 0 Å². The first-order valence-corrected chi connectivity index (χ1v) is 9.86. The topological polar surface area (TPSA) is 58.1 Å². The highest BCUT2D eigenvalue weighted by molar-refractivity contribution is 5.83. The number of hydrogen-bond acceptors (Lipinski definition) is 2. The second-order valence-corrected chi connectivity index (χ2v) is 7.84. The molecule has 2 unspecified atom stereocenters. The summed E-state index contributed by atoms with van der Waals surface area (Å²) in [5.41, 5.74) is 2.32. The van der Waals surface area contributed by atoms with Crippen molar-refractivity contribution >= 4 is 16.9 Å². The zero-order valence-corrected chi connectivity index (χ0v) is 15.5. The molecule has 1 saturated carbocycles. The van der Waals surface area contributed by atoms with Crippen LogP contribution in [0.1, 0.15) is 36.8 Å². The summed E-state index contributed by atoms with van der Waals surface area (Å²) in [6.07, 6.45) is 2.23. The van der Waals surface area contributed by atoms with Crippen LogP contribution in [0.4, 0.5) is 4.39 Å². The summed E-state index contributed by atoms with van der Waals surface area (Å²) >= 11 is 0. The van der Waals surface area contributed by atoms with Crippen molar-refractivity contribution in [3.8, 4) is 0 Å². The molecule has 6 heteroatoms. The number of hydrogen-bond donors (Lipinski definition) is 1. The van der Waals surface area contributed by atoms with E-state index in [1.807, 2.05) is 39.8 Å². The summed E-state index contributed by atoms with van der Waals surface area (Å²) in [6.45, 7) is 1.27. The van der Waals surface area contributed by atoms with Crippen LogP contribution in [0.25, 0.3) is 11.0 Å². The number of benzene rings is 2. The normalized spacial score (nSPS) is 22.5. The summed E-state index contributed by atoms with van der Waals surface area (Å²) in [6, 6.07) is 14.5. The van der Waals surface area contributed by atoms with Gasteiger partial charge >= 0.3 is 5.69 Å². The van der Waals surface area contributed by atoms with Crippen molar-refractivity contribution in [3.05, 3.63) is 70.4 Å². The minimum absolute atomic E-state index is 0.00246. The van der Waals surface area contributed by atoms with E-state index in [2.05, 4.69) is 4.98 Å². The number of rotatable bonds is 3. The smallest absolute Gasteiger partial charge is 0.326 e. The average molecular weight is 379 g/mol. The minimum atomic E-state index is -0.222. The van der Waals surface area contributed by atoms with E-state index in [0.29, 0.717) is 18.7 Å². The molecule has 1 N–H and O–H groups in total. The zero-order valence-electron chi connectivity index (χ0n) is 15.5. The van der Waals surface area contributed by atoms with Gasteiger partial charge in [-0.2, -0.15) is 0 Å². The van der Waals surface area contributed by atoms with E-state index in [-0.39, 0.29) is 35.3 Å². The van der Waals surface area contributed by atoms with Crippen LogP contribution in [0.2, 0.25) is 0 Å². The standard InChI is InChI=1S/C22H22FN3O2/c23-18-6-2-1-5-15(18)16-13-17(16)21(27)25-11-9-14(10-12-25)26-20-8-4-3-7-19(20)24-22(26)28/h1-8,14,16-17H,9-13H2,(H,24,28). The Hall–Kier alpha value is -2.89. The number of nitrogens with zero attached hydrogens (tertiary/aromatic N) is 2. The Labute approximate surface area is 161 Å². The van der Waals surface area contributed by atoms with Crippen LogP contribution < -0.4 is 5.69 Å². The second kappa shape index (κ2) is 6.62. The number of halogens is 1. The van der Waals surface area contributed by atoms with Gasteiger partial charge in [-0.25, -0.2) is 9.18 Å². The monoisotopic (exact) mass is 379 g/mol. The third-order valence-corrected chi connectivity index (χ3v) is 6.18. The van der Waals surface area contributed by atoms with Crippen LogP contribution in [0.3, 0.4) is 0 Å². The predicted octanol–water partition coefficient (Wildman–Crippen LogP) is 3.44. The number of amides is 1. The number of likely N-dealkylation sites (tertiary alicyclic amines) is 1. The van der Waals surface area contributed by atoms with E-state index in [1.54, 1.807) is 12.1 Å². The molecule has 28 heavy (non-hydrogen) atoms. The van der Waals surface area contributed by atoms with Crippen LogP contribution in [-0.4, -0.2) is 33.4 Å². The molecule has 2 aromatic carbocycles. The van der Waals surface area contributed by atoms with E-state index in [9.17, 15) is 14.0 Å².